The summed E-state index contributed by atoms with van der Waals surface area (Å²) in [6.07, 6.45) is 2.57. The molecule has 2 aromatic heterocycles. The minimum absolute atomic E-state index is 0.156. The fraction of sp³-hybridized carbons (Fsp3) is 0.500. The first kappa shape index (κ1) is 11.6. The number of aromatic nitrogens is 4. The highest BCUT2D eigenvalue weighted by molar-refractivity contribution is 5.73. The molecule has 0 aromatic carbocycles. The summed E-state index contributed by atoms with van der Waals surface area (Å²) in [5.74, 6) is 5.76. The Morgan fingerprint density at radius 2 is 2.24 bits per heavy atom. The lowest BCUT2D eigenvalue weighted by Gasteiger charge is -2.09. The van der Waals surface area contributed by atoms with Gasteiger partial charge in [0.15, 0.2) is 5.52 Å². The summed E-state index contributed by atoms with van der Waals surface area (Å²) < 4.78 is 3.20. The fourth-order valence-electron chi connectivity index (χ4n) is 1.75. The molecule has 0 spiro atoms. The first-order valence-corrected chi connectivity index (χ1v) is 5.65. The van der Waals surface area contributed by atoms with E-state index in [1.165, 1.54) is 4.57 Å². The molecule has 0 aliphatic heterocycles. The van der Waals surface area contributed by atoms with Crippen molar-refractivity contribution < 1.29 is 0 Å². The predicted molar refractivity (Wildman–Crippen MR) is 65.6 cm³/mol. The summed E-state index contributed by atoms with van der Waals surface area (Å²) in [6.45, 7) is 5.22. The van der Waals surface area contributed by atoms with Gasteiger partial charge in [-0.15, -0.1) is 0 Å². The number of aryl methyl sites for hydroxylation is 1. The standard InChI is InChI=1S/C10H16N6O/c1-3-5-16-9(17)8-7(12-10(16)13-11)6-15(4-2)14-8/h6H,3-5,11H2,1-2H3,(H,12,13). The van der Waals surface area contributed by atoms with Gasteiger partial charge in [-0.25, -0.2) is 10.8 Å². The maximum atomic E-state index is 12.2. The molecule has 17 heavy (non-hydrogen) atoms. The Hall–Kier alpha value is -1.89. The highest BCUT2D eigenvalue weighted by Gasteiger charge is 2.12. The van der Waals surface area contributed by atoms with Crippen molar-refractivity contribution in [2.24, 2.45) is 5.84 Å². The van der Waals surface area contributed by atoms with Crippen molar-refractivity contribution in [2.75, 3.05) is 5.43 Å². The van der Waals surface area contributed by atoms with E-state index >= 15 is 0 Å². The Morgan fingerprint density at radius 3 is 2.82 bits per heavy atom. The number of nitrogens with one attached hydrogen (secondary N) is 1. The number of hydrogen-bond acceptors (Lipinski definition) is 5. The van der Waals surface area contributed by atoms with Gasteiger partial charge in [-0.2, -0.15) is 5.10 Å². The van der Waals surface area contributed by atoms with E-state index in [1.54, 1.807) is 10.9 Å². The van der Waals surface area contributed by atoms with E-state index in [0.29, 0.717) is 30.1 Å². The SMILES string of the molecule is CCCn1c(NN)nc2cn(CC)nc2c1=O. The second-order valence-electron chi connectivity index (χ2n) is 3.76. The van der Waals surface area contributed by atoms with Crippen molar-refractivity contribution in [1.82, 2.24) is 19.3 Å². The molecule has 0 saturated heterocycles. The number of hydrogen-bond donors (Lipinski definition) is 2. The van der Waals surface area contributed by atoms with Crippen molar-refractivity contribution in [1.29, 1.82) is 0 Å². The third-order valence-corrected chi connectivity index (χ3v) is 2.57. The van der Waals surface area contributed by atoms with E-state index in [0.717, 1.165) is 6.42 Å². The first-order valence-electron chi connectivity index (χ1n) is 5.65. The maximum Gasteiger partial charge on any atom is 0.283 e. The Bertz CT molecular complexity index is 584. The second kappa shape index (κ2) is 4.54. The molecule has 3 N–H and O–H groups in total. The molecule has 0 fully saturated rings. The first-order chi connectivity index (χ1) is 8.21. The summed E-state index contributed by atoms with van der Waals surface area (Å²) in [7, 11) is 0. The van der Waals surface area contributed by atoms with E-state index in [9.17, 15) is 4.79 Å². The summed E-state index contributed by atoms with van der Waals surface area (Å²) in [5.41, 5.74) is 3.25. The largest absolute Gasteiger partial charge is 0.294 e. The van der Waals surface area contributed by atoms with E-state index in [4.69, 9.17) is 5.84 Å². The van der Waals surface area contributed by atoms with Crippen LogP contribution in [0, 0.1) is 0 Å². The molecule has 92 valence electrons. The van der Waals surface area contributed by atoms with Gasteiger partial charge >= 0.3 is 0 Å². The van der Waals surface area contributed by atoms with Crippen molar-refractivity contribution >= 4 is 17.0 Å². The van der Waals surface area contributed by atoms with Crippen molar-refractivity contribution in [3.8, 4) is 0 Å². The molecule has 0 amide bonds. The molecule has 0 aliphatic rings. The van der Waals surface area contributed by atoms with Crippen LogP contribution in [-0.4, -0.2) is 19.3 Å². The monoisotopic (exact) mass is 236 g/mol. The molecular formula is C10H16N6O. The zero-order valence-corrected chi connectivity index (χ0v) is 9.97. The molecule has 0 saturated carbocycles. The van der Waals surface area contributed by atoms with Crippen LogP contribution in [0.5, 0.6) is 0 Å². The average Bonchev–Trinajstić information content (AvgIpc) is 2.76. The Labute approximate surface area is 98.2 Å². The van der Waals surface area contributed by atoms with E-state index in [1.807, 2.05) is 13.8 Å². The lowest BCUT2D eigenvalue weighted by Crippen LogP contribution is -2.27. The minimum Gasteiger partial charge on any atom is -0.294 e. The summed E-state index contributed by atoms with van der Waals surface area (Å²) in [4.78, 5) is 16.5. The second-order valence-corrected chi connectivity index (χ2v) is 3.76. The van der Waals surface area contributed by atoms with Crippen LogP contribution in [-0.2, 0) is 13.1 Å². The highest BCUT2D eigenvalue weighted by atomic mass is 16.1. The summed E-state index contributed by atoms with van der Waals surface area (Å²) >= 11 is 0. The molecule has 7 heteroatoms. The summed E-state index contributed by atoms with van der Waals surface area (Å²) in [6, 6.07) is 0. The third-order valence-electron chi connectivity index (χ3n) is 2.57. The Balaban J connectivity index is 2.71. The van der Waals surface area contributed by atoms with Gasteiger partial charge in [0.1, 0.15) is 5.52 Å². The number of hydrazine groups is 1. The minimum atomic E-state index is -0.156. The van der Waals surface area contributed by atoms with Gasteiger partial charge in [0.25, 0.3) is 5.56 Å². The van der Waals surface area contributed by atoms with Crippen LogP contribution < -0.4 is 16.8 Å². The zero-order valence-electron chi connectivity index (χ0n) is 9.97. The van der Waals surface area contributed by atoms with E-state index in [-0.39, 0.29) is 5.56 Å². The molecule has 0 bridgehead atoms. The maximum absolute atomic E-state index is 12.2. The van der Waals surface area contributed by atoms with Gasteiger partial charge in [-0.05, 0) is 13.3 Å². The lowest BCUT2D eigenvalue weighted by molar-refractivity contribution is 0.646. The topological polar surface area (TPSA) is 90.8 Å². The quantitative estimate of drug-likeness (QED) is 0.589. The Kier molecular flexibility index (Phi) is 3.10. The van der Waals surface area contributed by atoms with Crippen LogP contribution >= 0.6 is 0 Å². The smallest absolute Gasteiger partial charge is 0.283 e. The zero-order chi connectivity index (χ0) is 12.4. The molecule has 2 aromatic rings. The van der Waals surface area contributed by atoms with Gasteiger partial charge in [0.2, 0.25) is 5.95 Å². The van der Waals surface area contributed by atoms with Gasteiger partial charge in [0.05, 0.1) is 6.20 Å². The van der Waals surface area contributed by atoms with Crippen LogP contribution in [0.2, 0.25) is 0 Å². The summed E-state index contributed by atoms with van der Waals surface area (Å²) in [5, 5.41) is 4.20. The van der Waals surface area contributed by atoms with Crippen LogP contribution in [0.4, 0.5) is 5.95 Å². The van der Waals surface area contributed by atoms with Crippen LogP contribution in [0.3, 0.4) is 0 Å². The molecule has 0 aliphatic carbocycles. The number of rotatable bonds is 4. The van der Waals surface area contributed by atoms with Gasteiger partial charge in [0, 0.05) is 13.1 Å². The normalized spacial score (nSPS) is 11.0. The number of nitrogens with zero attached hydrogens (tertiary/aromatic N) is 4. The average molecular weight is 236 g/mol. The van der Waals surface area contributed by atoms with Gasteiger partial charge < -0.3 is 0 Å². The van der Waals surface area contributed by atoms with Crippen molar-refractivity contribution in [3.63, 3.8) is 0 Å². The fourth-order valence-corrected chi connectivity index (χ4v) is 1.75. The number of fused-ring (bicyclic) bond motifs is 1. The number of anilines is 1. The number of nitrogen functional groups attached to an aromatic ring is 1. The molecule has 2 heterocycles. The molecule has 0 radical (unpaired) electrons. The molecule has 2 rings (SSSR count). The van der Waals surface area contributed by atoms with Crippen molar-refractivity contribution in [3.05, 3.63) is 16.6 Å². The molecule has 0 atom stereocenters. The van der Waals surface area contributed by atoms with Crippen LogP contribution in [0.1, 0.15) is 20.3 Å². The lowest BCUT2D eigenvalue weighted by atomic mass is 10.4. The Morgan fingerprint density at radius 1 is 1.47 bits per heavy atom. The van der Waals surface area contributed by atoms with Crippen molar-refractivity contribution in [2.45, 2.75) is 33.4 Å². The van der Waals surface area contributed by atoms with Gasteiger partial charge in [-0.1, -0.05) is 6.92 Å². The van der Waals surface area contributed by atoms with Crippen LogP contribution in [0.15, 0.2) is 11.0 Å². The third kappa shape index (κ3) is 1.89. The molecular weight excluding hydrogens is 220 g/mol. The van der Waals surface area contributed by atoms with E-state index < -0.39 is 0 Å². The highest BCUT2D eigenvalue weighted by Crippen LogP contribution is 2.09. The molecule has 7 nitrogen and oxygen atoms in total. The number of nitrogens with two attached hydrogens (primary N) is 1. The van der Waals surface area contributed by atoms with Gasteiger partial charge in [-0.3, -0.25) is 19.5 Å². The van der Waals surface area contributed by atoms with E-state index in [2.05, 4.69) is 15.5 Å². The molecule has 0 unspecified atom stereocenters. The van der Waals surface area contributed by atoms with Crippen LogP contribution in [0.25, 0.3) is 11.0 Å². The predicted octanol–water partition coefficient (Wildman–Crippen LogP) is 0.308.